The number of nitrogens with zero attached hydrogens (tertiary/aromatic N) is 4. The van der Waals surface area contributed by atoms with Crippen molar-refractivity contribution in [1.82, 2.24) is 9.55 Å². The number of ether oxygens (including phenoxy) is 1. The van der Waals surface area contributed by atoms with Crippen molar-refractivity contribution in [3.05, 3.63) is 223 Å². The minimum Gasteiger partial charge on any atom is -0.509 e. The van der Waals surface area contributed by atoms with E-state index in [0.29, 0.717) is 61.6 Å². The average molecular weight is 1180 g/mol. The van der Waals surface area contributed by atoms with E-state index < -0.39 is 0 Å². The minimum absolute atomic E-state index is 0. The summed E-state index contributed by atoms with van der Waals surface area (Å²) < 4.78 is 82.8. The molecule has 0 saturated carbocycles. The second-order valence-electron chi connectivity index (χ2n) is 23.5. The molecule has 6 heteroatoms. The topological polar surface area (TPSA) is 33.5 Å². The summed E-state index contributed by atoms with van der Waals surface area (Å²) in [6.45, 7) is 23.9. The van der Waals surface area contributed by atoms with Gasteiger partial charge in [-0.3, -0.25) is 0 Å². The quantitative estimate of drug-likeness (QED) is 0.142. The van der Waals surface area contributed by atoms with E-state index in [1.807, 2.05) is 103 Å². The fourth-order valence-corrected chi connectivity index (χ4v) is 10.9. The maximum Gasteiger partial charge on any atom is 0.135 e. The second-order valence-corrected chi connectivity index (χ2v) is 23.5. The van der Waals surface area contributed by atoms with Crippen LogP contribution in [0.4, 0.5) is 22.7 Å². The first-order valence-electron chi connectivity index (χ1n) is 29.9. The second kappa shape index (κ2) is 19.1. The van der Waals surface area contributed by atoms with Gasteiger partial charge in [-0.15, -0.1) is 48.1 Å². The van der Waals surface area contributed by atoms with Crippen molar-refractivity contribution in [1.29, 1.82) is 0 Å². The molecule has 0 unspecified atom stereocenters. The SMILES string of the molecule is [2H]c1c([2H])c(-c2cccc(-c3ccc4c(c3)C(C)(C)CCC4(C)C)c2N2[CH-]N(c3[c-]c(Oc4[c-]c5c(cc4)c4c([2H])c([2H])c([2H])c([2H])c4n5-c4cc(C(C)(C)C)ccn4)ccc3)c3ccccc32)c([2H])c([2H])c1-c1cccc(C(C)(C)C)c1.[Pt]. The Morgan fingerprint density at radius 1 is 0.566 bits per heavy atom. The summed E-state index contributed by atoms with van der Waals surface area (Å²) in [5, 5.41) is 0.931. The fourth-order valence-electron chi connectivity index (χ4n) is 10.9. The molecular weight excluding hydrogens is 1110 g/mol. The molecule has 384 valence electrons. The molecule has 0 atom stereocenters. The number of anilines is 4. The van der Waals surface area contributed by atoms with Gasteiger partial charge in [-0.1, -0.05) is 190 Å². The zero-order valence-electron chi connectivity index (χ0n) is 52.7. The number of rotatable bonds is 8. The van der Waals surface area contributed by atoms with Crippen LogP contribution in [0.2, 0.25) is 0 Å². The third-order valence-corrected chi connectivity index (χ3v) is 15.3. The van der Waals surface area contributed by atoms with E-state index >= 15 is 0 Å². The summed E-state index contributed by atoms with van der Waals surface area (Å²) in [6, 6.07) is 47.1. The molecule has 0 spiro atoms. The van der Waals surface area contributed by atoms with Crippen molar-refractivity contribution in [2.45, 2.75) is 104 Å². The van der Waals surface area contributed by atoms with Gasteiger partial charge >= 0.3 is 0 Å². The van der Waals surface area contributed by atoms with Crippen LogP contribution in [0.5, 0.6) is 11.5 Å². The van der Waals surface area contributed by atoms with E-state index in [9.17, 15) is 5.48 Å². The maximum absolute atomic E-state index is 9.84. The number of benzene rings is 8. The van der Waals surface area contributed by atoms with Crippen LogP contribution in [0.25, 0.3) is 61.0 Å². The predicted molar refractivity (Wildman–Crippen MR) is 313 cm³/mol. The zero-order chi connectivity index (χ0) is 59.0. The Labute approximate surface area is 475 Å². The normalized spacial score (nSPS) is 16.3. The van der Waals surface area contributed by atoms with Crippen molar-refractivity contribution >= 4 is 44.6 Å². The smallest absolute Gasteiger partial charge is 0.135 e. The Morgan fingerprint density at radius 3 is 1.96 bits per heavy atom. The molecule has 5 nitrogen and oxygen atoms in total. The molecule has 2 aliphatic rings. The van der Waals surface area contributed by atoms with Crippen LogP contribution in [-0.2, 0) is 42.7 Å². The van der Waals surface area contributed by atoms with Gasteiger partial charge in [0.15, 0.2) is 0 Å². The summed E-state index contributed by atoms with van der Waals surface area (Å²) in [5.41, 5.74) is 11.3. The fraction of sp³-hybridized carbons (Fsp3) is 0.229. The standard InChI is InChI=1S/C70H65N4O.Pt/c1-67(2,3)50-19-15-18-48(40-50)46-28-30-47(31-29-46)55-23-17-24-56(49-32-35-59-60(41-49)70(9,10)38-37-69(59,7)8)66(55)73-45-72(62-26-13-14-27-63(62)73)52-20-16-21-53(43-52)75-54-33-34-58-57-22-11-12-25-61(57)74(64(58)44-54)65-42-51(36-39-71-65)68(4,5)6;/h11-36,39-42,45H,37-38H2,1-10H3;/q-3;/i11D,12D,22D,25D,28D,29D,30D,31D;. The molecule has 0 saturated heterocycles. The summed E-state index contributed by atoms with van der Waals surface area (Å²) in [5.74, 6) is 1.19. The van der Waals surface area contributed by atoms with E-state index in [2.05, 4.69) is 111 Å². The van der Waals surface area contributed by atoms with Gasteiger partial charge in [-0.05, 0) is 115 Å². The summed E-state index contributed by atoms with van der Waals surface area (Å²) in [4.78, 5) is 8.87. The van der Waals surface area contributed by atoms with Crippen molar-refractivity contribution in [3.63, 3.8) is 0 Å². The van der Waals surface area contributed by atoms with E-state index in [0.717, 1.165) is 46.5 Å². The van der Waals surface area contributed by atoms with Gasteiger partial charge in [0.1, 0.15) is 5.82 Å². The largest absolute Gasteiger partial charge is 0.509 e. The van der Waals surface area contributed by atoms with Crippen LogP contribution in [0.1, 0.15) is 115 Å². The number of aromatic nitrogens is 2. The van der Waals surface area contributed by atoms with Crippen molar-refractivity contribution in [2.24, 2.45) is 0 Å². The number of pyridine rings is 1. The summed E-state index contributed by atoms with van der Waals surface area (Å²) >= 11 is 0. The number of hydrogen-bond donors (Lipinski definition) is 0. The summed E-state index contributed by atoms with van der Waals surface area (Å²) in [7, 11) is 0. The van der Waals surface area contributed by atoms with Gasteiger partial charge in [0.25, 0.3) is 0 Å². The van der Waals surface area contributed by atoms with Gasteiger partial charge in [-0.2, -0.15) is 12.1 Å². The first kappa shape index (κ1) is 42.0. The Hall–Kier alpha value is -7.20. The van der Waals surface area contributed by atoms with Gasteiger partial charge in [0, 0.05) is 72.5 Å². The van der Waals surface area contributed by atoms with E-state index in [1.165, 1.54) is 11.1 Å². The third-order valence-electron chi connectivity index (χ3n) is 15.3. The maximum atomic E-state index is 9.84. The van der Waals surface area contributed by atoms with Gasteiger partial charge < -0.3 is 19.1 Å². The average Bonchev–Trinajstić information content (AvgIpc) is 1.61. The van der Waals surface area contributed by atoms with Crippen LogP contribution in [0.15, 0.2) is 182 Å². The van der Waals surface area contributed by atoms with Gasteiger partial charge in [0.05, 0.1) is 11.0 Å². The molecule has 12 rings (SSSR count). The third kappa shape index (κ3) is 9.15. The molecule has 10 aromatic rings. The number of para-hydroxylation sites is 4. The molecule has 2 aromatic heterocycles. The first-order valence-corrected chi connectivity index (χ1v) is 25.9. The van der Waals surface area contributed by atoms with Crippen molar-refractivity contribution in [2.75, 3.05) is 9.80 Å². The number of hydrogen-bond acceptors (Lipinski definition) is 4. The Balaban J connectivity index is 0.00000736. The molecule has 76 heavy (non-hydrogen) atoms. The van der Waals surface area contributed by atoms with Crippen LogP contribution in [-0.4, -0.2) is 9.55 Å². The molecule has 0 fully saturated rings. The molecule has 3 heterocycles. The van der Waals surface area contributed by atoms with Gasteiger partial charge in [0.2, 0.25) is 0 Å². The molecule has 0 N–H and O–H groups in total. The molecule has 0 amide bonds. The Kier molecular flexibility index (Phi) is 10.6. The van der Waals surface area contributed by atoms with Crippen LogP contribution < -0.4 is 14.5 Å². The van der Waals surface area contributed by atoms with E-state index in [1.54, 1.807) is 22.9 Å². The van der Waals surface area contributed by atoms with Crippen LogP contribution in [0.3, 0.4) is 0 Å². The Morgan fingerprint density at radius 2 is 1.21 bits per heavy atom. The monoisotopic (exact) mass is 1180 g/mol. The van der Waals surface area contributed by atoms with Gasteiger partial charge in [-0.25, -0.2) is 4.98 Å². The molecule has 1 aliphatic carbocycles. The number of fused-ring (bicyclic) bond motifs is 5. The van der Waals surface area contributed by atoms with E-state index in [-0.39, 0.29) is 102 Å². The Bertz CT molecular complexity index is 4300. The minimum atomic E-state index is -0.342. The molecular formula is C70H65N4OPt-3. The van der Waals surface area contributed by atoms with Crippen molar-refractivity contribution in [3.8, 4) is 50.7 Å². The predicted octanol–water partition coefficient (Wildman–Crippen LogP) is 18.9. The van der Waals surface area contributed by atoms with Crippen LogP contribution >= 0.6 is 0 Å². The molecule has 1 aliphatic heterocycles. The van der Waals surface area contributed by atoms with E-state index in [4.69, 9.17) is 15.2 Å². The van der Waals surface area contributed by atoms with Crippen LogP contribution in [0, 0.1) is 18.8 Å². The molecule has 0 radical (unpaired) electrons. The molecule has 0 bridgehead atoms. The first-order chi connectivity index (χ1) is 39.2. The zero-order valence-corrected chi connectivity index (χ0v) is 47.0. The molecule has 8 aromatic carbocycles. The summed E-state index contributed by atoms with van der Waals surface area (Å²) in [6.07, 6.45) is 3.81. The van der Waals surface area contributed by atoms with Crippen molar-refractivity contribution < 1.29 is 36.8 Å².